The molecule has 0 aliphatic carbocycles. The molecule has 1 rings (SSSR count). The van der Waals surface area contributed by atoms with Gasteiger partial charge in [0, 0.05) is 10.9 Å². The largest absolute Gasteiger partial charge is 0.381 e. The molecule has 0 aromatic heterocycles. The third-order valence-corrected chi connectivity index (χ3v) is 3.85. The number of benzene rings is 1. The lowest BCUT2D eigenvalue weighted by Gasteiger charge is -2.12. The topological polar surface area (TPSA) is 107 Å². The number of halogens is 1. The van der Waals surface area contributed by atoms with E-state index in [-0.39, 0.29) is 18.6 Å². The number of aliphatic hydroxyl groups is 1. The van der Waals surface area contributed by atoms with E-state index in [2.05, 4.69) is 15.9 Å². The minimum absolute atomic E-state index is 0.0799. The van der Waals surface area contributed by atoms with Crippen LogP contribution in [0.3, 0.4) is 0 Å². The normalized spacial score (nSPS) is 13.0. The zero-order valence-electron chi connectivity index (χ0n) is 9.24. The minimum Gasteiger partial charge on any atom is -0.381 e. The highest BCUT2D eigenvalue weighted by molar-refractivity contribution is 9.10. The van der Waals surface area contributed by atoms with Crippen molar-refractivity contribution in [1.82, 2.24) is 0 Å². The summed E-state index contributed by atoms with van der Waals surface area (Å²) in [6.45, 7) is 0. The Morgan fingerprint density at radius 3 is 2.44 bits per heavy atom. The Morgan fingerprint density at radius 2 is 1.94 bits per heavy atom. The summed E-state index contributed by atoms with van der Waals surface area (Å²) in [5.74, 6) is -0.607. The van der Waals surface area contributed by atoms with Gasteiger partial charge >= 0.3 is 10.1 Å². The quantitative estimate of drug-likeness (QED) is 0.744. The number of amides is 1. The molecular weight excluding hydrogens is 326 g/mol. The molecule has 0 fully saturated rings. The summed E-state index contributed by atoms with van der Waals surface area (Å²) in [7, 11) is -4.19. The van der Waals surface area contributed by atoms with E-state index >= 15 is 0 Å². The lowest BCUT2D eigenvalue weighted by atomic mass is 10.3. The number of primary amides is 1. The SMILES string of the molecule is NC(=O)CCC(O)S(=O)(=O)Oc1ccc(Br)cc1. The van der Waals surface area contributed by atoms with Crippen molar-refractivity contribution in [1.29, 1.82) is 0 Å². The van der Waals surface area contributed by atoms with Gasteiger partial charge < -0.3 is 15.0 Å². The third-order valence-electron chi connectivity index (χ3n) is 2.00. The number of hydrogen-bond donors (Lipinski definition) is 2. The van der Waals surface area contributed by atoms with Gasteiger partial charge in [0.1, 0.15) is 5.75 Å². The summed E-state index contributed by atoms with van der Waals surface area (Å²) in [6, 6.07) is 6.06. The number of nitrogens with two attached hydrogens (primary N) is 1. The van der Waals surface area contributed by atoms with Gasteiger partial charge in [-0.3, -0.25) is 4.79 Å². The molecule has 0 spiro atoms. The van der Waals surface area contributed by atoms with E-state index in [4.69, 9.17) is 9.92 Å². The fourth-order valence-corrected chi connectivity index (χ4v) is 2.25. The fourth-order valence-electron chi connectivity index (χ4n) is 1.09. The van der Waals surface area contributed by atoms with E-state index in [0.29, 0.717) is 0 Å². The van der Waals surface area contributed by atoms with Crippen molar-refractivity contribution >= 4 is 32.0 Å². The predicted molar refractivity (Wildman–Crippen MR) is 68.1 cm³/mol. The van der Waals surface area contributed by atoms with E-state index in [0.717, 1.165) is 4.47 Å². The number of carbonyl (C=O) groups is 1. The molecule has 100 valence electrons. The second-order valence-electron chi connectivity index (χ2n) is 3.49. The molecule has 0 radical (unpaired) electrons. The summed E-state index contributed by atoms with van der Waals surface area (Å²) in [5, 5.41) is 9.41. The highest BCUT2D eigenvalue weighted by atomic mass is 79.9. The zero-order chi connectivity index (χ0) is 13.8. The summed E-state index contributed by atoms with van der Waals surface area (Å²) >= 11 is 3.19. The maximum atomic E-state index is 11.6. The van der Waals surface area contributed by atoms with Crippen molar-refractivity contribution in [2.45, 2.75) is 18.3 Å². The number of hydrogen-bond acceptors (Lipinski definition) is 5. The molecule has 0 saturated heterocycles. The summed E-state index contributed by atoms with van der Waals surface area (Å²) in [5.41, 5.74) is 3.08. The van der Waals surface area contributed by atoms with Gasteiger partial charge in [0.25, 0.3) is 0 Å². The van der Waals surface area contributed by atoms with Crippen molar-refractivity contribution < 1.29 is 22.5 Å². The summed E-state index contributed by atoms with van der Waals surface area (Å²) in [4.78, 5) is 10.5. The molecule has 0 aliphatic heterocycles. The first-order valence-corrected chi connectivity index (χ1v) is 7.23. The second-order valence-corrected chi connectivity index (χ2v) is 6.10. The van der Waals surface area contributed by atoms with Crippen LogP contribution in [0.15, 0.2) is 28.7 Å². The van der Waals surface area contributed by atoms with Crippen LogP contribution in [0.5, 0.6) is 5.75 Å². The number of rotatable bonds is 6. The van der Waals surface area contributed by atoms with Crippen LogP contribution in [0.4, 0.5) is 0 Å². The van der Waals surface area contributed by atoms with Gasteiger partial charge in [0.15, 0.2) is 5.44 Å². The molecule has 0 aliphatic rings. The summed E-state index contributed by atoms with van der Waals surface area (Å²) in [6.07, 6.45) is -0.529. The smallest absolute Gasteiger partial charge is 0.336 e. The van der Waals surface area contributed by atoms with E-state index in [1.54, 1.807) is 12.1 Å². The van der Waals surface area contributed by atoms with Crippen molar-refractivity contribution in [3.8, 4) is 5.75 Å². The van der Waals surface area contributed by atoms with E-state index in [9.17, 15) is 18.3 Å². The first-order chi connectivity index (χ1) is 8.31. The average molecular weight is 338 g/mol. The molecule has 0 saturated carbocycles. The minimum atomic E-state index is -4.19. The van der Waals surface area contributed by atoms with Crippen LogP contribution in [-0.4, -0.2) is 24.9 Å². The van der Waals surface area contributed by atoms with Gasteiger partial charge in [-0.25, -0.2) is 0 Å². The maximum Gasteiger partial charge on any atom is 0.336 e. The zero-order valence-corrected chi connectivity index (χ0v) is 11.6. The Labute approximate surface area is 113 Å². The molecular formula is C10H12BrNO5S. The van der Waals surface area contributed by atoms with Crippen molar-refractivity contribution in [3.63, 3.8) is 0 Å². The number of aliphatic hydroxyl groups excluding tert-OH is 1. The van der Waals surface area contributed by atoms with Gasteiger partial charge in [0.05, 0.1) is 0 Å². The van der Waals surface area contributed by atoms with Crippen molar-refractivity contribution in [2.75, 3.05) is 0 Å². The van der Waals surface area contributed by atoms with E-state index in [1.165, 1.54) is 12.1 Å². The second kappa shape index (κ2) is 6.17. The summed E-state index contributed by atoms with van der Waals surface area (Å²) < 4.78 is 28.6. The first kappa shape index (κ1) is 14.9. The van der Waals surface area contributed by atoms with Crippen LogP contribution in [-0.2, 0) is 14.9 Å². The molecule has 1 unspecified atom stereocenters. The maximum absolute atomic E-state index is 11.6. The molecule has 18 heavy (non-hydrogen) atoms. The van der Waals surface area contributed by atoms with E-state index in [1.807, 2.05) is 0 Å². The Balaban J connectivity index is 2.69. The van der Waals surface area contributed by atoms with Gasteiger partial charge in [-0.2, -0.15) is 8.42 Å². The van der Waals surface area contributed by atoms with Gasteiger partial charge in [0.2, 0.25) is 5.91 Å². The Hall–Kier alpha value is -1.12. The van der Waals surface area contributed by atoms with Crippen LogP contribution < -0.4 is 9.92 Å². The predicted octanol–water partition coefficient (Wildman–Crippen LogP) is 0.742. The molecule has 1 atom stereocenters. The fraction of sp³-hybridized carbons (Fsp3) is 0.300. The van der Waals surface area contributed by atoms with Crippen LogP contribution in [0.25, 0.3) is 0 Å². The van der Waals surface area contributed by atoms with Crippen LogP contribution in [0, 0.1) is 0 Å². The van der Waals surface area contributed by atoms with Crippen molar-refractivity contribution in [2.24, 2.45) is 5.73 Å². The van der Waals surface area contributed by atoms with Crippen molar-refractivity contribution in [3.05, 3.63) is 28.7 Å². The van der Waals surface area contributed by atoms with Gasteiger partial charge in [-0.1, -0.05) is 15.9 Å². The Kier molecular flexibility index (Phi) is 5.12. The molecule has 0 bridgehead atoms. The molecule has 1 aromatic carbocycles. The molecule has 0 heterocycles. The van der Waals surface area contributed by atoms with E-state index < -0.39 is 21.5 Å². The van der Waals surface area contributed by atoms with Crippen LogP contribution in [0.1, 0.15) is 12.8 Å². The van der Waals surface area contributed by atoms with Gasteiger partial charge in [-0.05, 0) is 30.7 Å². The Morgan fingerprint density at radius 1 is 1.39 bits per heavy atom. The molecule has 1 aromatic rings. The third kappa shape index (κ3) is 4.63. The molecule has 3 N–H and O–H groups in total. The molecule has 1 amide bonds. The lowest BCUT2D eigenvalue weighted by molar-refractivity contribution is -0.118. The standard InChI is InChI=1S/C10H12BrNO5S/c11-7-1-3-8(4-2-7)17-18(15,16)10(14)6-5-9(12)13/h1-4,10,14H,5-6H2,(H2,12,13). The lowest BCUT2D eigenvalue weighted by Crippen LogP contribution is -2.27. The van der Waals surface area contributed by atoms with Crippen LogP contribution in [0.2, 0.25) is 0 Å². The highest BCUT2D eigenvalue weighted by Crippen LogP contribution is 2.19. The van der Waals surface area contributed by atoms with Gasteiger partial charge in [-0.15, -0.1) is 0 Å². The molecule has 6 nitrogen and oxygen atoms in total. The first-order valence-electron chi connectivity index (χ1n) is 4.96. The average Bonchev–Trinajstić information content (AvgIpc) is 2.28. The highest BCUT2D eigenvalue weighted by Gasteiger charge is 2.25. The monoisotopic (exact) mass is 337 g/mol. The Bertz CT molecular complexity index is 514. The molecule has 8 heteroatoms. The van der Waals surface area contributed by atoms with Crippen LogP contribution >= 0.6 is 15.9 Å². The number of carbonyl (C=O) groups excluding carboxylic acids is 1.